The fourth-order valence-electron chi connectivity index (χ4n) is 3.64. The van der Waals surface area contributed by atoms with Crippen LogP contribution in [0.5, 0.6) is 0 Å². The third kappa shape index (κ3) is 0.816. The van der Waals surface area contributed by atoms with Crippen molar-refractivity contribution in [2.75, 3.05) is 0 Å². The molecule has 3 saturated heterocycles. The molecule has 3 fully saturated rings. The molecule has 0 aromatic carbocycles. The number of carbonyl (C=O) groups excluding carboxylic acids is 2. The highest BCUT2D eigenvalue weighted by atomic mass is 16.6. The molecule has 2 bridgehead atoms. The Morgan fingerprint density at radius 2 is 2.12 bits per heavy atom. The molecule has 0 spiro atoms. The van der Waals surface area contributed by atoms with Gasteiger partial charge in [-0.05, 0) is 13.8 Å². The van der Waals surface area contributed by atoms with Crippen molar-refractivity contribution in [3.63, 3.8) is 0 Å². The van der Waals surface area contributed by atoms with Crippen LogP contribution in [-0.4, -0.2) is 39.9 Å². The third-order valence-electron chi connectivity index (χ3n) is 4.43. The van der Waals surface area contributed by atoms with Crippen LogP contribution in [0.4, 0.5) is 0 Å². The van der Waals surface area contributed by atoms with Crippen LogP contribution < -0.4 is 5.11 Å². The lowest BCUT2D eigenvalue weighted by Gasteiger charge is -2.35. The first kappa shape index (κ1) is 10.8. The number of aliphatic hydroxyl groups excluding tert-OH is 1. The minimum absolute atomic E-state index is 0.222. The van der Waals surface area contributed by atoms with Crippen LogP contribution in [0.1, 0.15) is 20.3 Å². The Labute approximate surface area is 96.6 Å². The van der Waals surface area contributed by atoms with Gasteiger partial charge in [-0.2, -0.15) is 0 Å². The smallest absolute Gasteiger partial charge is 0.389 e. The minimum atomic E-state index is -1.71. The number of hydrogen-bond acceptors (Lipinski definition) is 5. The SMILES string of the molecule is CC12C[C@@H](O)C(C)(O1)[C@@]1([NH+]=[N-])C(=O)OC(=O)C21. The number of fused-ring (bicyclic) bond motifs is 5. The van der Waals surface area contributed by atoms with E-state index in [1.54, 1.807) is 6.92 Å². The Hall–Kier alpha value is -1.34. The summed E-state index contributed by atoms with van der Waals surface area (Å²) in [6.45, 7) is 3.12. The summed E-state index contributed by atoms with van der Waals surface area (Å²) in [5, 5.41) is 11.9. The number of cyclic esters (lactones) is 2. The average molecular weight is 240 g/mol. The molecule has 3 rings (SSSR count). The Morgan fingerprint density at radius 3 is 2.71 bits per heavy atom. The summed E-state index contributed by atoms with van der Waals surface area (Å²) in [5.41, 5.74) is 5.25. The molecule has 0 radical (unpaired) electrons. The van der Waals surface area contributed by atoms with Crippen molar-refractivity contribution >= 4 is 11.9 Å². The first-order chi connectivity index (χ1) is 7.82. The van der Waals surface area contributed by atoms with Gasteiger partial charge in [-0.3, -0.25) is 4.79 Å². The highest BCUT2D eigenvalue weighted by molar-refractivity contribution is 6.03. The van der Waals surface area contributed by atoms with Crippen LogP contribution in [0.2, 0.25) is 0 Å². The van der Waals surface area contributed by atoms with Crippen molar-refractivity contribution in [2.24, 2.45) is 5.92 Å². The fraction of sp³-hybridized carbons (Fsp3) is 0.800. The fourth-order valence-corrected chi connectivity index (χ4v) is 3.64. The van der Waals surface area contributed by atoms with Crippen molar-refractivity contribution in [1.82, 2.24) is 0 Å². The summed E-state index contributed by atoms with van der Waals surface area (Å²) < 4.78 is 10.3. The summed E-state index contributed by atoms with van der Waals surface area (Å²) in [5.74, 6) is -2.57. The van der Waals surface area contributed by atoms with Crippen LogP contribution in [0, 0.1) is 5.92 Å². The van der Waals surface area contributed by atoms with Gasteiger partial charge in [0.1, 0.15) is 0 Å². The Kier molecular flexibility index (Phi) is 1.63. The van der Waals surface area contributed by atoms with E-state index >= 15 is 0 Å². The number of esters is 2. The van der Waals surface area contributed by atoms with Crippen molar-refractivity contribution in [1.29, 1.82) is 0 Å². The molecule has 17 heavy (non-hydrogen) atoms. The van der Waals surface area contributed by atoms with Crippen molar-refractivity contribution < 1.29 is 29.3 Å². The zero-order chi connectivity index (χ0) is 12.6. The van der Waals surface area contributed by atoms with E-state index in [4.69, 9.17) is 4.74 Å². The van der Waals surface area contributed by atoms with E-state index in [0.29, 0.717) is 0 Å². The van der Waals surface area contributed by atoms with Gasteiger partial charge in [0.05, 0.1) is 11.7 Å². The summed E-state index contributed by atoms with van der Waals surface area (Å²) in [6, 6.07) is 0. The van der Waals surface area contributed by atoms with Gasteiger partial charge in [0.2, 0.25) is 0 Å². The van der Waals surface area contributed by atoms with Crippen molar-refractivity contribution in [3.8, 4) is 0 Å². The lowest BCUT2D eigenvalue weighted by atomic mass is 9.62. The van der Waals surface area contributed by atoms with Gasteiger partial charge in [-0.1, -0.05) is 0 Å². The zero-order valence-electron chi connectivity index (χ0n) is 9.39. The van der Waals surface area contributed by atoms with E-state index in [9.17, 15) is 20.2 Å². The summed E-state index contributed by atoms with van der Waals surface area (Å²) >= 11 is 0. The van der Waals surface area contributed by atoms with Crippen LogP contribution in [0.15, 0.2) is 0 Å². The lowest BCUT2D eigenvalue weighted by Crippen LogP contribution is -2.93. The third-order valence-corrected chi connectivity index (χ3v) is 4.43. The van der Waals surface area contributed by atoms with E-state index in [2.05, 4.69) is 4.74 Å². The quantitative estimate of drug-likeness (QED) is 0.308. The molecule has 3 aliphatic heterocycles. The van der Waals surface area contributed by atoms with Gasteiger partial charge in [0.25, 0.3) is 5.54 Å². The van der Waals surface area contributed by atoms with E-state index in [-0.39, 0.29) is 6.42 Å². The molecule has 7 nitrogen and oxygen atoms in total. The molecule has 2 N–H and O–H groups in total. The van der Waals surface area contributed by atoms with Crippen molar-refractivity contribution in [3.05, 3.63) is 5.53 Å². The van der Waals surface area contributed by atoms with Gasteiger partial charge >= 0.3 is 11.9 Å². The Balaban J connectivity index is 2.28. The van der Waals surface area contributed by atoms with Gasteiger partial charge < -0.3 is 25.2 Å². The lowest BCUT2D eigenvalue weighted by molar-refractivity contribution is -0.580. The molecular formula is C10H12N2O5. The van der Waals surface area contributed by atoms with Crippen LogP contribution in [0.3, 0.4) is 0 Å². The molecular weight excluding hydrogens is 228 g/mol. The van der Waals surface area contributed by atoms with Crippen LogP contribution in [0.25, 0.3) is 5.53 Å². The van der Waals surface area contributed by atoms with Gasteiger partial charge in [-0.25, -0.2) is 4.79 Å². The molecule has 0 aromatic rings. The molecule has 5 atom stereocenters. The molecule has 3 unspecified atom stereocenters. The normalized spacial score (nSPS) is 55.9. The number of carbonyl (C=O) groups is 2. The summed E-state index contributed by atoms with van der Waals surface area (Å²) in [6.07, 6.45) is -0.734. The number of nitrogens with zero attached hydrogens (tertiary/aromatic N) is 1. The van der Waals surface area contributed by atoms with E-state index < -0.39 is 40.7 Å². The van der Waals surface area contributed by atoms with Crippen LogP contribution in [-0.2, 0) is 19.1 Å². The predicted molar refractivity (Wildman–Crippen MR) is 50.2 cm³/mol. The Morgan fingerprint density at radius 1 is 1.47 bits per heavy atom. The van der Waals surface area contributed by atoms with E-state index in [1.165, 1.54) is 6.92 Å². The first-order valence-corrected chi connectivity index (χ1v) is 5.37. The van der Waals surface area contributed by atoms with Gasteiger partial charge in [0, 0.05) is 6.42 Å². The van der Waals surface area contributed by atoms with Crippen LogP contribution >= 0.6 is 0 Å². The highest BCUT2D eigenvalue weighted by Crippen LogP contribution is 2.60. The monoisotopic (exact) mass is 240 g/mol. The maximum atomic E-state index is 11.8. The predicted octanol–water partition coefficient (Wildman–Crippen LogP) is -2.16. The maximum Gasteiger partial charge on any atom is 0.389 e. The highest BCUT2D eigenvalue weighted by Gasteiger charge is 2.87. The number of nitrogens with one attached hydrogen (secondary N) is 1. The number of aliphatic hydroxyl groups is 1. The van der Waals surface area contributed by atoms with E-state index in [1.807, 2.05) is 5.11 Å². The zero-order valence-corrected chi connectivity index (χ0v) is 9.39. The number of rotatable bonds is 1. The number of ether oxygens (including phenoxy) is 2. The molecule has 3 aliphatic rings. The topological polar surface area (TPSA) is 109 Å². The standard InChI is InChI=1S/C10H12N2O5/c1-8-3-4(13)9(2,17-8)10(12-11)5(8)6(14)16-7(10)15/h4-5,12-13H,3H2,1-2H3/t4-,5?,8?,9?,10+/m1/s1. The molecule has 3 heterocycles. The average Bonchev–Trinajstić information content (AvgIpc) is 2.69. The van der Waals surface area contributed by atoms with Crippen molar-refractivity contribution in [2.45, 2.75) is 43.1 Å². The largest absolute Gasteiger partial charge is 0.507 e. The molecule has 92 valence electrons. The maximum absolute atomic E-state index is 11.8. The van der Waals surface area contributed by atoms with E-state index in [0.717, 1.165) is 0 Å². The second-order valence-electron chi connectivity index (χ2n) is 5.30. The van der Waals surface area contributed by atoms with Gasteiger partial charge in [-0.15, -0.1) is 0 Å². The second-order valence-corrected chi connectivity index (χ2v) is 5.30. The first-order valence-electron chi connectivity index (χ1n) is 5.37. The Bertz CT molecular complexity index is 466. The second kappa shape index (κ2) is 2.56. The molecule has 0 saturated carbocycles. The molecule has 0 amide bonds. The van der Waals surface area contributed by atoms with Gasteiger partial charge in [0.15, 0.2) is 11.5 Å². The summed E-state index contributed by atoms with van der Waals surface area (Å²) in [7, 11) is 0. The summed E-state index contributed by atoms with van der Waals surface area (Å²) in [4.78, 5) is 23.6. The number of hydrogen-bond donors (Lipinski definition) is 2. The molecule has 0 aliphatic carbocycles. The molecule has 0 aromatic heterocycles. The minimum Gasteiger partial charge on any atom is -0.507 e. The molecule has 7 heteroatoms.